The van der Waals surface area contributed by atoms with Crippen molar-refractivity contribution >= 4 is 0 Å². The van der Waals surface area contributed by atoms with Gasteiger partial charge < -0.3 is 14.5 Å². The molecule has 0 saturated carbocycles. The average Bonchev–Trinajstić information content (AvgIpc) is 2.39. The van der Waals surface area contributed by atoms with Gasteiger partial charge in [-0.3, -0.25) is 0 Å². The van der Waals surface area contributed by atoms with Gasteiger partial charge in [0.15, 0.2) is 0 Å². The Morgan fingerprint density at radius 1 is 0.941 bits per heavy atom. The van der Waals surface area contributed by atoms with Gasteiger partial charge in [0.2, 0.25) is 0 Å². The van der Waals surface area contributed by atoms with Gasteiger partial charge in [0, 0.05) is 32.3 Å². The molecule has 17 heavy (non-hydrogen) atoms. The molecule has 0 spiro atoms. The molecular weight excluding hydrogens is 212 g/mol. The summed E-state index contributed by atoms with van der Waals surface area (Å²) in [5.74, 6) is 0. The molecule has 3 nitrogen and oxygen atoms in total. The largest absolute Gasteiger partial charge is 0.381 e. The van der Waals surface area contributed by atoms with Crippen molar-refractivity contribution in [3.05, 3.63) is 0 Å². The molecule has 0 amide bonds. The van der Waals surface area contributed by atoms with E-state index in [-0.39, 0.29) is 0 Å². The lowest BCUT2D eigenvalue weighted by molar-refractivity contribution is 0.0119. The fraction of sp³-hybridized carbons (Fsp3) is 1.00. The van der Waals surface area contributed by atoms with E-state index in [4.69, 9.17) is 4.74 Å². The summed E-state index contributed by atoms with van der Waals surface area (Å²) in [6.45, 7) is 9.67. The van der Waals surface area contributed by atoms with Crippen LogP contribution in [0.5, 0.6) is 0 Å². The van der Waals surface area contributed by atoms with E-state index in [0.29, 0.717) is 6.10 Å². The molecule has 0 aliphatic carbocycles. The standard InChI is InChI=1S/C14H28N2O/c1-12(2)15-8-4-13(5-9-15)16-10-6-14(17-3)7-11-16/h12-14H,4-11H2,1-3H3. The van der Waals surface area contributed by atoms with Crippen LogP contribution in [0.15, 0.2) is 0 Å². The first-order chi connectivity index (χ1) is 8.20. The predicted octanol–water partition coefficient (Wildman–Crippen LogP) is 1.97. The zero-order valence-corrected chi connectivity index (χ0v) is 11.7. The molecule has 2 rings (SSSR count). The van der Waals surface area contributed by atoms with Crippen LogP contribution in [0.2, 0.25) is 0 Å². The van der Waals surface area contributed by atoms with Crippen LogP contribution in [0.25, 0.3) is 0 Å². The third-order valence-electron chi connectivity index (χ3n) is 4.56. The SMILES string of the molecule is COC1CCN(C2CCN(C(C)C)CC2)CC1. The Bertz CT molecular complexity index is 216. The first kappa shape index (κ1) is 13.3. The molecule has 0 atom stereocenters. The van der Waals surface area contributed by atoms with Crippen LogP contribution < -0.4 is 0 Å². The first-order valence-corrected chi connectivity index (χ1v) is 7.21. The van der Waals surface area contributed by atoms with E-state index < -0.39 is 0 Å². The Hall–Kier alpha value is -0.120. The minimum atomic E-state index is 0.516. The minimum absolute atomic E-state index is 0.516. The molecule has 0 radical (unpaired) electrons. The third-order valence-corrected chi connectivity index (χ3v) is 4.56. The summed E-state index contributed by atoms with van der Waals surface area (Å²) >= 11 is 0. The molecular formula is C14H28N2O. The van der Waals surface area contributed by atoms with Gasteiger partial charge in [-0.15, -0.1) is 0 Å². The second kappa shape index (κ2) is 6.17. The van der Waals surface area contributed by atoms with Gasteiger partial charge in [0.25, 0.3) is 0 Å². The molecule has 3 heteroatoms. The van der Waals surface area contributed by atoms with Crippen LogP contribution in [0.4, 0.5) is 0 Å². The lowest BCUT2D eigenvalue weighted by Crippen LogP contribution is -2.49. The normalized spacial score (nSPS) is 26.8. The van der Waals surface area contributed by atoms with Crippen molar-refractivity contribution < 1.29 is 4.74 Å². The molecule has 2 fully saturated rings. The lowest BCUT2D eigenvalue weighted by atomic mass is 9.98. The van der Waals surface area contributed by atoms with Crippen molar-refractivity contribution in [2.24, 2.45) is 0 Å². The second-order valence-corrected chi connectivity index (χ2v) is 5.83. The van der Waals surface area contributed by atoms with E-state index in [1.165, 1.54) is 51.9 Å². The Morgan fingerprint density at radius 3 is 2.00 bits per heavy atom. The zero-order valence-electron chi connectivity index (χ0n) is 11.7. The number of ether oxygens (including phenoxy) is 1. The molecule has 0 aromatic carbocycles. The highest BCUT2D eigenvalue weighted by atomic mass is 16.5. The number of methoxy groups -OCH3 is 1. The summed E-state index contributed by atoms with van der Waals surface area (Å²) in [7, 11) is 1.85. The number of piperidine rings is 2. The van der Waals surface area contributed by atoms with Gasteiger partial charge in [-0.1, -0.05) is 0 Å². The number of hydrogen-bond acceptors (Lipinski definition) is 3. The van der Waals surface area contributed by atoms with Gasteiger partial charge in [0.05, 0.1) is 6.10 Å². The van der Waals surface area contributed by atoms with Crippen molar-refractivity contribution in [1.29, 1.82) is 0 Å². The van der Waals surface area contributed by atoms with Crippen LogP contribution in [-0.4, -0.2) is 61.3 Å². The van der Waals surface area contributed by atoms with E-state index >= 15 is 0 Å². The van der Waals surface area contributed by atoms with Gasteiger partial charge in [-0.2, -0.15) is 0 Å². The fourth-order valence-electron chi connectivity index (χ4n) is 3.24. The summed E-state index contributed by atoms with van der Waals surface area (Å²) in [4.78, 5) is 5.31. The third kappa shape index (κ3) is 3.43. The molecule has 0 aromatic rings. The maximum absolute atomic E-state index is 5.44. The number of likely N-dealkylation sites (tertiary alicyclic amines) is 2. The van der Waals surface area contributed by atoms with Gasteiger partial charge in [-0.25, -0.2) is 0 Å². The Morgan fingerprint density at radius 2 is 1.53 bits per heavy atom. The van der Waals surface area contributed by atoms with E-state index in [9.17, 15) is 0 Å². The summed E-state index contributed by atoms with van der Waals surface area (Å²) in [5.41, 5.74) is 0. The van der Waals surface area contributed by atoms with Crippen molar-refractivity contribution in [3.63, 3.8) is 0 Å². The smallest absolute Gasteiger partial charge is 0.0595 e. The maximum atomic E-state index is 5.44. The summed E-state index contributed by atoms with van der Waals surface area (Å²) in [6.07, 6.45) is 5.68. The maximum Gasteiger partial charge on any atom is 0.0595 e. The number of hydrogen-bond donors (Lipinski definition) is 0. The van der Waals surface area contributed by atoms with E-state index in [2.05, 4.69) is 23.6 Å². The Kier molecular flexibility index (Phi) is 4.83. The topological polar surface area (TPSA) is 15.7 Å². The molecule has 2 aliphatic rings. The lowest BCUT2D eigenvalue weighted by Gasteiger charge is -2.42. The van der Waals surface area contributed by atoms with Gasteiger partial charge in [0.1, 0.15) is 0 Å². The highest BCUT2D eigenvalue weighted by Crippen LogP contribution is 2.22. The zero-order chi connectivity index (χ0) is 12.3. The van der Waals surface area contributed by atoms with Crippen molar-refractivity contribution in [3.8, 4) is 0 Å². The Labute approximate surface area is 106 Å². The van der Waals surface area contributed by atoms with Crippen LogP contribution in [0, 0.1) is 0 Å². The van der Waals surface area contributed by atoms with Crippen LogP contribution in [0.1, 0.15) is 39.5 Å². The van der Waals surface area contributed by atoms with Crippen LogP contribution in [-0.2, 0) is 4.74 Å². The number of rotatable bonds is 3. The predicted molar refractivity (Wildman–Crippen MR) is 71.3 cm³/mol. The molecule has 2 heterocycles. The molecule has 0 aromatic heterocycles. The molecule has 0 N–H and O–H groups in total. The van der Waals surface area contributed by atoms with Crippen molar-refractivity contribution in [1.82, 2.24) is 9.80 Å². The average molecular weight is 240 g/mol. The van der Waals surface area contributed by atoms with E-state index in [1.807, 2.05) is 7.11 Å². The monoisotopic (exact) mass is 240 g/mol. The summed E-state index contributed by atoms with van der Waals surface area (Å²) in [5, 5.41) is 0. The van der Waals surface area contributed by atoms with Crippen molar-refractivity contribution in [2.75, 3.05) is 33.3 Å². The van der Waals surface area contributed by atoms with Crippen LogP contribution in [0.3, 0.4) is 0 Å². The van der Waals surface area contributed by atoms with Gasteiger partial charge in [-0.05, 0) is 52.6 Å². The first-order valence-electron chi connectivity index (χ1n) is 7.21. The number of nitrogens with zero attached hydrogens (tertiary/aromatic N) is 2. The van der Waals surface area contributed by atoms with Crippen LogP contribution >= 0.6 is 0 Å². The molecule has 2 aliphatic heterocycles. The van der Waals surface area contributed by atoms with Gasteiger partial charge >= 0.3 is 0 Å². The van der Waals surface area contributed by atoms with Crippen molar-refractivity contribution in [2.45, 2.75) is 57.7 Å². The highest BCUT2D eigenvalue weighted by Gasteiger charge is 2.28. The minimum Gasteiger partial charge on any atom is -0.381 e. The molecule has 0 unspecified atom stereocenters. The quantitative estimate of drug-likeness (QED) is 0.750. The molecule has 2 saturated heterocycles. The Balaban J connectivity index is 1.74. The van der Waals surface area contributed by atoms with E-state index in [0.717, 1.165) is 12.1 Å². The molecule has 100 valence electrons. The summed E-state index contributed by atoms with van der Waals surface area (Å²) in [6, 6.07) is 1.55. The van der Waals surface area contributed by atoms with E-state index in [1.54, 1.807) is 0 Å². The second-order valence-electron chi connectivity index (χ2n) is 5.83. The summed E-state index contributed by atoms with van der Waals surface area (Å²) < 4.78 is 5.44. The fourth-order valence-corrected chi connectivity index (χ4v) is 3.24. The molecule has 0 bridgehead atoms. The highest BCUT2D eigenvalue weighted by molar-refractivity contribution is 4.84.